The number of alkyl halides is 1. The molecule has 60 valence electrons. The highest BCUT2D eigenvalue weighted by molar-refractivity contribution is 7.48. The fraction of sp³-hybridized carbons (Fsp3) is 0.667. The van der Waals surface area contributed by atoms with Crippen molar-refractivity contribution < 1.29 is 0 Å². The van der Waals surface area contributed by atoms with Gasteiger partial charge in [0.2, 0.25) is 0 Å². The minimum Gasteiger partial charge on any atom is -0.140 e. The van der Waals surface area contributed by atoms with E-state index in [-0.39, 0.29) is 0 Å². The smallest absolute Gasteiger partial charge is 0.140 e. The van der Waals surface area contributed by atoms with Crippen LogP contribution in [0.5, 0.6) is 0 Å². The van der Waals surface area contributed by atoms with Crippen LogP contribution in [0.2, 0.25) is 6.04 Å². The summed E-state index contributed by atoms with van der Waals surface area (Å²) in [4.78, 5) is 0. The van der Waals surface area contributed by atoms with Gasteiger partial charge >= 0.3 is 0 Å². The van der Waals surface area contributed by atoms with E-state index in [0.717, 1.165) is 17.7 Å². The van der Waals surface area contributed by atoms with Crippen molar-refractivity contribution >= 4 is 40.5 Å². The van der Waals surface area contributed by atoms with Crippen LogP contribution >= 0.6 is 33.8 Å². The van der Waals surface area contributed by atoms with E-state index in [1.807, 2.05) is 6.92 Å². The first kappa shape index (κ1) is 10.8. The van der Waals surface area contributed by atoms with Gasteiger partial charge in [-0.1, -0.05) is 5.20 Å². The highest BCUT2D eigenvalue weighted by Gasteiger charge is 2.28. The van der Waals surface area contributed by atoms with Crippen LogP contribution in [0.4, 0.5) is 0 Å². The lowest BCUT2D eigenvalue weighted by Crippen LogP contribution is -2.20. The fourth-order valence-electron chi connectivity index (χ4n) is 0.502. The van der Waals surface area contributed by atoms with E-state index in [1.165, 1.54) is 0 Å². The first-order valence-electron chi connectivity index (χ1n) is 3.10. The summed E-state index contributed by atoms with van der Waals surface area (Å²) in [5, 5.41) is 0.918. The van der Waals surface area contributed by atoms with Crippen LogP contribution in [0.15, 0.2) is 11.8 Å². The summed E-state index contributed by atoms with van der Waals surface area (Å²) in [6, 6.07) is 0.814. The lowest BCUT2D eigenvalue weighted by molar-refractivity contribution is 1.08. The normalized spacial score (nSPS) is 11.6. The molecule has 0 N–H and O–H groups in total. The monoisotopic (exact) mass is 216 g/mol. The molecule has 10 heavy (non-hydrogen) atoms. The molecular weight excluding hydrogens is 207 g/mol. The molecule has 0 aliphatic heterocycles. The van der Waals surface area contributed by atoms with E-state index < -0.39 is 6.69 Å². The Hall–Kier alpha value is 0.827. The van der Waals surface area contributed by atoms with Crippen molar-refractivity contribution in [1.29, 1.82) is 0 Å². The van der Waals surface area contributed by atoms with Gasteiger partial charge in [0.1, 0.15) is 0 Å². The fourth-order valence-corrected chi connectivity index (χ4v) is 2.71. The maximum atomic E-state index is 6.00. The molecule has 0 aromatic rings. The van der Waals surface area contributed by atoms with E-state index >= 15 is 0 Å². The van der Waals surface area contributed by atoms with Crippen LogP contribution < -0.4 is 0 Å². The summed E-state index contributed by atoms with van der Waals surface area (Å²) < 4.78 is 0. The van der Waals surface area contributed by atoms with Crippen LogP contribution in [0.3, 0.4) is 0 Å². The van der Waals surface area contributed by atoms with Crippen molar-refractivity contribution in [3.05, 3.63) is 11.8 Å². The summed E-state index contributed by atoms with van der Waals surface area (Å²) in [6.07, 6.45) is 0.883. The molecule has 0 unspecified atom stereocenters. The van der Waals surface area contributed by atoms with E-state index in [9.17, 15) is 0 Å². The topological polar surface area (TPSA) is 0 Å². The van der Waals surface area contributed by atoms with E-state index in [1.54, 1.807) is 0 Å². The molecule has 0 atom stereocenters. The third-order valence-corrected chi connectivity index (χ3v) is 6.82. The van der Waals surface area contributed by atoms with Crippen molar-refractivity contribution in [1.82, 2.24) is 0 Å². The maximum absolute atomic E-state index is 6.00. The van der Waals surface area contributed by atoms with Gasteiger partial charge in [0.15, 0.2) is 0 Å². The summed E-state index contributed by atoms with van der Waals surface area (Å²) in [5.74, 6) is 0.626. The summed E-state index contributed by atoms with van der Waals surface area (Å²) >= 11 is 17.5. The van der Waals surface area contributed by atoms with Crippen LogP contribution in [0.1, 0.15) is 13.3 Å². The molecule has 0 aliphatic carbocycles. The number of hydrogen-bond donors (Lipinski definition) is 0. The Bertz CT molecular complexity index is 122. The molecule has 0 radical (unpaired) electrons. The van der Waals surface area contributed by atoms with Gasteiger partial charge in [-0.25, -0.2) is 0 Å². The molecule has 0 saturated carbocycles. The Morgan fingerprint density at radius 2 is 2.00 bits per heavy atom. The first-order valence-corrected chi connectivity index (χ1v) is 7.87. The largest absolute Gasteiger partial charge is 0.276 e. The van der Waals surface area contributed by atoms with Gasteiger partial charge in [-0.15, -0.1) is 40.3 Å². The molecule has 0 aromatic carbocycles. The molecular formula is C6H11Cl3Si. The highest BCUT2D eigenvalue weighted by Crippen LogP contribution is 2.28. The molecule has 0 nitrogen and oxygen atoms in total. The van der Waals surface area contributed by atoms with Crippen LogP contribution in [-0.4, -0.2) is 12.6 Å². The van der Waals surface area contributed by atoms with Crippen LogP contribution in [-0.2, 0) is 0 Å². The Morgan fingerprint density at radius 1 is 1.50 bits per heavy atom. The zero-order chi connectivity index (χ0) is 8.20. The minimum atomic E-state index is -2.14. The van der Waals surface area contributed by atoms with Crippen molar-refractivity contribution in [2.75, 3.05) is 5.88 Å². The van der Waals surface area contributed by atoms with Crippen molar-refractivity contribution in [2.45, 2.75) is 19.4 Å². The van der Waals surface area contributed by atoms with Crippen molar-refractivity contribution in [3.8, 4) is 0 Å². The number of allylic oxidation sites excluding steroid dienone is 1. The third kappa shape index (κ3) is 3.87. The number of rotatable bonds is 4. The molecule has 0 aliphatic rings. The van der Waals surface area contributed by atoms with Gasteiger partial charge in [0.05, 0.1) is 0 Å². The predicted molar refractivity (Wildman–Crippen MR) is 52.4 cm³/mol. The van der Waals surface area contributed by atoms with Gasteiger partial charge < -0.3 is 0 Å². The van der Waals surface area contributed by atoms with Gasteiger partial charge in [-0.3, -0.25) is 0 Å². The van der Waals surface area contributed by atoms with E-state index in [4.69, 9.17) is 33.8 Å². The summed E-state index contributed by atoms with van der Waals surface area (Å²) in [6.45, 7) is 3.47. The average molecular weight is 218 g/mol. The Labute approximate surface area is 77.6 Å². The summed E-state index contributed by atoms with van der Waals surface area (Å²) in [7, 11) is 0. The second-order valence-electron chi connectivity index (χ2n) is 2.28. The lowest BCUT2D eigenvalue weighted by Gasteiger charge is -2.14. The SMILES string of the molecule is C=C(C)[Si](Cl)(Cl)CCCCl. The highest BCUT2D eigenvalue weighted by atomic mass is 35.7. The molecule has 0 aromatic heterocycles. The lowest BCUT2D eigenvalue weighted by atomic mass is 10.6. The molecule has 0 amide bonds. The van der Waals surface area contributed by atoms with Gasteiger partial charge in [-0.2, -0.15) is 0 Å². The molecule has 0 fully saturated rings. The van der Waals surface area contributed by atoms with Crippen molar-refractivity contribution in [2.24, 2.45) is 0 Å². The molecule has 0 rings (SSSR count). The first-order chi connectivity index (χ1) is 4.50. The maximum Gasteiger partial charge on any atom is 0.276 e. The quantitative estimate of drug-likeness (QED) is 0.383. The number of halogens is 3. The second-order valence-corrected chi connectivity index (χ2v) is 9.87. The van der Waals surface area contributed by atoms with Gasteiger partial charge in [0, 0.05) is 5.88 Å². The second kappa shape index (κ2) is 4.65. The molecule has 0 spiro atoms. The third-order valence-electron chi connectivity index (χ3n) is 1.25. The number of hydrogen-bond acceptors (Lipinski definition) is 0. The van der Waals surface area contributed by atoms with Crippen LogP contribution in [0, 0.1) is 0 Å². The Balaban J connectivity index is 3.75. The zero-order valence-electron chi connectivity index (χ0n) is 5.96. The molecule has 0 heterocycles. The summed E-state index contributed by atoms with van der Waals surface area (Å²) in [5.41, 5.74) is 0. The molecule has 4 heteroatoms. The zero-order valence-corrected chi connectivity index (χ0v) is 9.23. The predicted octanol–water partition coefficient (Wildman–Crippen LogP) is 3.65. The Kier molecular flexibility index (Phi) is 5.04. The standard InChI is InChI=1S/C6H11Cl3Si/c1-6(2)10(8,9)5-3-4-7/h1,3-5H2,2H3. The van der Waals surface area contributed by atoms with Gasteiger partial charge in [-0.05, 0) is 19.4 Å². The molecule has 0 saturated heterocycles. The minimum absolute atomic E-state index is 0.626. The van der Waals surface area contributed by atoms with Crippen LogP contribution in [0.25, 0.3) is 0 Å². The molecule has 0 bridgehead atoms. The van der Waals surface area contributed by atoms with Gasteiger partial charge in [0.25, 0.3) is 6.69 Å². The Morgan fingerprint density at radius 3 is 2.30 bits per heavy atom. The van der Waals surface area contributed by atoms with E-state index in [0.29, 0.717) is 5.88 Å². The van der Waals surface area contributed by atoms with E-state index in [2.05, 4.69) is 6.58 Å². The average Bonchev–Trinajstić information content (AvgIpc) is 1.84. The van der Waals surface area contributed by atoms with Crippen molar-refractivity contribution in [3.63, 3.8) is 0 Å².